The van der Waals surface area contributed by atoms with E-state index in [1.54, 1.807) is 24.3 Å². The Hall–Kier alpha value is -3.19. The minimum Gasteiger partial charge on any atom is -0.353 e. The predicted molar refractivity (Wildman–Crippen MR) is 134 cm³/mol. The second-order valence-electron chi connectivity index (χ2n) is 9.33. The lowest BCUT2D eigenvalue weighted by atomic mass is 9.93. The lowest BCUT2D eigenvalue weighted by Crippen LogP contribution is -2.47. The van der Waals surface area contributed by atoms with Gasteiger partial charge in [-0.15, -0.1) is 0 Å². The fraction of sp³-hybridized carbons (Fsp3) is 0.444. The van der Waals surface area contributed by atoms with Crippen LogP contribution in [0.5, 0.6) is 0 Å². The molecule has 0 bridgehead atoms. The molecular weight excluding hydrogens is 428 g/mol. The third kappa shape index (κ3) is 6.67. The molecular formula is C27H34N4O3. The normalized spacial score (nSPS) is 19.2. The average Bonchev–Trinajstić information content (AvgIpc) is 2.85. The van der Waals surface area contributed by atoms with Crippen LogP contribution in [0.25, 0.3) is 0 Å². The third-order valence-electron chi connectivity index (χ3n) is 6.67. The standard InChI is InChI=1S/C27H34N4O3/c32-25(19-31-17-9-10-20(18-31)26(33)28-21-11-3-1-4-12-21)30-24-16-8-7-15-23(24)27(34)29-22-13-5-2-6-14-22/h2,5-8,13-16,20-21H,1,3-4,9-12,17-19H2,(H,28,33)(H,29,34)(H,30,32). The van der Waals surface area contributed by atoms with Gasteiger partial charge in [0.15, 0.2) is 0 Å². The van der Waals surface area contributed by atoms with Crippen molar-refractivity contribution in [2.75, 3.05) is 30.3 Å². The molecule has 4 rings (SSSR count). The number of carbonyl (C=O) groups excluding carboxylic acids is 3. The lowest BCUT2D eigenvalue weighted by molar-refractivity contribution is -0.128. The monoisotopic (exact) mass is 462 g/mol. The number of hydrogen-bond acceptors (Lipinski definition) is 4. The number of carbonyl (C=O) groups is 3. The van der Waals surface area contributed by atoms with Crippen molar-refractivity contribution in [2.45, 2.75) is 51.0 Å². The van der Waals surface area contributed by atoms with E-state index in [9.17, 15) is 14.4 Å². The lowest BCUT2D eigenvalue weighted by Gasteiger charge is -2.33. The highest BCUT2D eigenvalue weighted by atomic mass is 16.2. The van der Waals surface area contributed by atoms with E-state index in [1.807, 2.05) is 35.2 Å². The number of amides is 3. The summed E-state index contributed by atoms with van der Waals surface area (Å²) in [5.41, 5.74) is 1.58. The first kappa shape index (κ1) is 24.0. The Kier molecular flexibility index (Phi) is 8.31. The van der Waals surface area contributed by atoms with Crippen molar-refractivity contribution in [1.29, 1.82) is 0 Å². The summed E-state index contributed by atoms with van der Waals surface area (Å²) in [4.78, 5) is 40.4. The zero-order valence-corrected chi connectivity index (χ0v) is 19.6. The van der Waals surface area contributed by atoms with Crippen LogP contribution in [0, 0.1) is 5.92 Å². The number of anilines is 2. The van der Waals surface area contributed by atoms with Gasteiger partial charge in [-0.25, -0.2) is 0 Å². The number of nitrogens with zero attached hydrogens (tertiary/aromatic N) is 1. The van der Waals surface area contributed by atoms with Gasteiger partial charge in [-0.1, -0.05) is 49.6 Å². The number of nitrogens with one attached hydrogen (secondary N) is 3. The second kappa shape index (κ2) is 11.8. The highest BCUT2D eigenvalue weighted by Crippen LogP contribution is 2.21. The molecule has 3 N–H and O–H groups in total. The molecule has 7 nitrogen and oxygen atoms in total. The molecule has 2 aromatic rings. The minimum atomic E-state index is -0.278. The van der Waals surface area contributed by atoms with Crippen LogP contribution in [0.1, 0.15) is 55.3 Å². The number of piperidine rings is 1. The van der Waals surface area contributed by atoms with E-state index in [0.717, 1.165) is 32.2 Å². The van der Waals surface area contributed by atoms with Gasteiger partial charge in [0.1, 0.15) is 0 Å². The molecule has 2 aromatic carbocycles. The van der Waals surface area contributed by atoms with E-state index in [0.29, 0.717) is 29.5 Å². The predicted octanol–water partition coefficient (Wildman–Crippen LogP) is 4.04. The molecule has 2 fully saturated rings. The van der Waals surface area contributed by atoms with Gasteiger partial charge in [-0.05, 0) is 56.5 Å². The maximum Gasteiger partial charge on any atom is 0.257 e. The first-order chi connectivity index (χ1) is 16.6. The summed E-state index contributed by atoms with van der Waals surface area (Å²) < 4.78 is 0. The molecule has 2 aliphatic rings. The second-order valence-corrected chi connectivity index (χ2v) is 9.33. The van der Waals surface area contributed by atoms with Gasteiger partial charge in [-0.3, -0.25) is 19.3 Å². The van der Waals surface area contributed by atoms with Crippen LogP contribution in [0.15, 0.2) is 54.6 Å². The van der Waals surface area contributed by atoms with Gasteiger partial charge in [0.2, 0.25) is 11.8 Å². The van der Waals surface area contributed by atoms with Gasteiger partial charge in [0.05, 0.1) is 23.7 Å². The molecule has 1 saturated heterocycles. The summed E-state index contributed by atoms with van der Waals surface area (Å²) in [5, 5.41) is 8.98. The van der Waals surface area contributed by atoms with E-state index in [2.05, 4.69) is 16.0 Å². The number of likely N-dealkylation sites (tertiary alicyclic amines) is 1. The summed E-state index contributed by atoms with van der Waals surface area (Å²) in [5.74, 6) is -0.417. The molecule has 1 heterocycles. The van der Waals surface area contributed by atoms with Crippen LogP contribution in [-0.2, 0) is 9.59 Å². The highest BCUT2D eigenvalue weighted by Gasteiger charge is 2.28. The van der Waals surface area contributed by atoms with E-state index >= 15 is 0 Å². The minimum absolute atomic E-state index is 0.0765. The molecule has 3 amide bonds. The van der Waals surface area contributed by atoms with Crippen LogP contribution >= 0.6 is 0 Å². The number of benzene rings is 2. The van der Waals surface area contributed by atoms with Gasteiger partial charge >= 0.3 is 0 Å². The molecule has 0 spiro atoms. The summed E-state index contributed by atoms with van der Waals surface area (Å²) >= 11 is 0. The van der Waals surface area contributed by atoms with Crippen molar-refractivity contribution >= 4 is 29.1 Å². The zero-order chi connectivity index (χ0) is 23.8. The smallest absolute Gasteiger partial charge is 0.257 e. The Morgan fingerprint density at radius 3 is 2.35 bits per heavy atom. The zero-order valence-electron chi connectivity index (χ0n) is 19.6. The molecule has 1 aliphatic carbocycles. The Morgan fingerprint density at radius 1 is 0.824 bits per heavy atom. The van der Waals surface area contributed by atoms with Gasteiger partial charge < -0.3 is 16.0 Å². The topological polar surface area (TPSA) is 90.5 Å². The number of hydrogen-bond donors (Lipinski definition) is 3. The third-order valence-corrected chi connectivity index (χ3v) is 6.67. The van der Waals surface area contributed by atoms with Crippen molar-refractivity contribution in [2.24, 2.45) is 5.92 Å². The molecule has 1 unspecified atom stereocenters. The van der Waals surface area contributed by atoms with E-state index in [4.69, 9.17) is 0 Å². The maximum absolute atomic E-state index is 12.8. The Labute approximate surface area is 201 Å². The van der Waals surface area contributed by atoms with Crippen LogP contribution in [0.4, 0.5) is 11.4 Å². The first-order valence-electron chi connectivity index (χ1n) is 12.4. The van der Waals surface area contributed by atoms with Gasteiger partial charge in [-0.2, -0.15) is 0 Å². The van der Waals surface area contributed by atoms with Gasteiger partial charge in [0.25, 0.3) is 5.91 Å². The summed E-state index contributed by atoms with van der Waals surface area (Å²) in [6.07, 6.45) is 7.53. The van der Waals surface area contributed by atoms with E-state index < -0.39 is 0 Å². The van der Waals surface area contributed by atoms with Crippen LogP contribution in [0.2, 0.25) is 0 Å². The van der Waals surface area contributed by atoms with Crippen molar-refractivity contribution < 1.29 is 14.4 Å². The van der Waals surface area contributed by atoms with Crippen LogP contribution < -0.4 is 16.0 Å². The number of para-hydroxylation sites is 2. The van der Waals surface area contributed by atoms with Gasteiger partial charge in [0, 0.05) is 18.3 Å². The van der Waals surface area contributed by atoms with Crippen molar-refractivity contribution in [1.82, 2.24) is 10.2 Å². The average molecular weight is 463 g/mol. The Morgan fingerprint density at radius 2 is 1.56 bits per heavy atom. The van der Waals surface area contributed by atoms with Crippen LogP contribution in [0.3, 0.4) is 0 Å². The molecule has 180 valence electrons. The van der Waals surface area contributed by atoms with E-state index in [-0.39, 0.29) is 30.2 Å². The summed E-state index contributed by atoms with van der Waals surface area (Å²) in [6, 6.07) is 16.5. The highest BCUT2D eigenvalue weighted by molar-refractivity contribution is 6.10. The largest absolute Gasteiger partial charge is 0.353 e. The summed E-state index contributed by atoms with van der Waals surface area (Å²) in [6.45, 7) is 1.57. The molecule has 7 heteroatoms. The van der Waals surface area contributed by atoms with Crippen LogP contribution in [-0.4, -0.2) is 48.3 Å². The Bertz CT molecular complexity index is 988. The SMILES string of the molecule is O=C(CN1CCCC(C(=O)NC2CCCCC2)C1)Nc1ccccc1C(=O)Nc1ccccc1. The molecule has 0 aromatic heterocycles. The van der Waals surface area contributed by atoms with Crippen molar-refractivity contribution in [3.05, 3.63) is 60.2 Å². The molecule has 1 aliphatic heterocycles. The summed E-state index contributed by atoms with van der Waals surface area (Å²) in [7, 11) is 0. The Balaban J connectivity index is 1.31. The maximum atomic E-state index is 12.8. The quantitative estimate of drug-likeness (QED) is 0.579. The van der Waals surface area contributed by atoms with E-state index in [1.165, 1.54) is 19.3 Å². The van der Waals surface area contributed by atoms with Crippen molar-refractivity contribution in [3.63, 3.8) is 0 Å². The molecule has 34 heavy (non-hydrogen) atoms. The molecule has 0 radical (unpaired) electrons. The fourth-order valence-corrected chi connectivity index (χ4v) is 4.88. The first-order valence-corrected chi connectivity index (χ1v) is 12.4. The van der Waals surface area contributed by atoms with Crippen molar-refractivity contribution in [3.8, 4) is 0 Å². The molecule has 1 saturated carbocycles. The molecule has 1 atom stereocenters. The number of rotatable bonds is 7. The fourth-order valence-electron chi connectivity index (χ4n) is 4.88.